The predicted octanol–water partition coefficient (Wildman–Crippen LogP) is 3.66. The molecular weight excluding hydrogens is 474 g/mol. The van der Waals surface area contributed by atoms with Gasteiger partial charge in [0, 0.05) is 17.1 Å². The summed E-state index contributed by atoms with van der Waals surface area (Å²) < 4.78 is 25.4. The number of hydrogen-bond donors (Lipinski definition) is 3. The van der Waals surface area contributed by atoms with E-state index >= 15 is 0 Å². The molecule has 9 heteroatoms. The number of carbonyl (C=O) groups excluding carboxylic acids is 2. The molecule has 176 valence electrons. The fourth-order valence-electron chi connectivity index (χ4n) is 3.74. The van der Waals surface area contributed by atoms with Crippen molar-refractivity contribution < 1.29 is 18.0 Å². The Labute approximate surface area is 203 Å². The summed E-state index contributed by atoms with van der Waals surface area (Å²) >= 11 is 6.08. The second-order valence-electron chi connectivity index (χ2n) is 8.08. The molecule has 0 saturated carbocycles. The van der Waals surface area contributed by atoms with Gasteiger partial charge in [0.25, 0.3) is 5.91 Å². The summed E-state index contributed by atoms with van der Waals surface area (Å²) in [5.41, 5.74) is 3.00. The maximum atomic E-state index is 12.7. The molecule has 3 N–H and O–H groups in total. The quantitative estimate of drug-likeness (QED) is 0.440. The third-order valence-corrected chi connectivity index (χ3v) is 7.44. The summed E-state index contributed by atoms with van der Waals surface area (Å²) in [6.45, 7) is 0.482. The standard InChI is InChI=1S/C25H24ClN3O4S/c26-20-9-5-4-8-19(20)15-34(32,33)16-23-25(31)29-22-14-18(10-11-21(22)28-23)24(30)27-13-12-17-6-2-1-3-7-17/h1-11,14,23,28H,12-13,15-16H2,(H,27,30)(H,29,31)/t23-/m0/s1. The zero-order chi connectivity index (χ0) is 24.1. The van der Waals surface area contributed by atoms with Crippen LogP contribution in [0.5, 0.6) is 0 Å². The van der Waals surface area contributed by atoms with Gasteiger partial charge in [-0.3, -0.25) is 9.59 Å². The Balaban J connectivity index is 1.38. The van der Waals surface area contributed by atoms with E-state index in [0.29, 0.717) is 40.5 Å². The van der Waals surface area contributed by atoms with Gasteiger partial charge in [0.05, 0.1) is 22.9 Å². The molecule has 3 aromatic rings. The van der Waals surface area contributed by atoms with Crippen molar-refractivity contribution in [2.75, 3.05) is 22.9 Å². The van der Waals surface area contributed by atoms with Gasteiger partial charge in [0.15, 0.2) is 9.84 Å². The van der Waals surface area contributed by atoms with E-state index in [1.165, 1.54) is 0 Å². The highest BCUT2D eigenvalue weighted by molar-refractivity contribution is 7.90. The van der Waals surface area contributed by atoms with Gasteiger partial charge in [0.1, 0.15) is 6.04 Å². The molecule has 0 aliphatic carbocycles. The molecular formula is C25H24ClN3O4S. The maximum absolute atomic E-state index is 12.7. The SMILES string of the molecule is O=C(NCCc1ccccc1)c1ccc2c(c1)NC(=O)[C@H](CS(=O)(=O)Cc1ccccc1Cl)N2. The molecule has 2 amide bonds. The van der Waals surface area contributed by atoms with E-state index in [0.717, 1.165) is 5.56 Å². The molecule has 3 aromatic carbocycles. The van der Waals surface area contributed by atoms with Crippen LogP contribution in [0.3, 0.4) is 0 Å². The predicted molar refractivity (Wildman–Crippen MR) is 134 cm³/mol. The second-order valence-corrected chi connectivity index (χ2v) is 10.6. The van der Waals surface area contributed by atoms with Crippen molar-refractivity contribution >= 4 is 44.6 Å². The summed E-state index contributed by atoms with van der Waals surface area (Å²) in [4.78, 5) is 25.1. The number of carbonyl (C=O) groups is 2. The molecule has 0 bridgehead atoms. The van der Waals surface area contributed by atoms with Gasteiger partial charge in [-0.1, -0.05) is 60.1 Å². The van der Waals surface area contributed by atoms with E-state index < -0.39 is 21.8 Å². The third kappa shape index (κ3) is 5.95. The van der Waals surface area contributed by atoms with Crippen LogP contribution in [-0.2, 0) is 26.8 Å². The molecule has 0 fully saturated rings. The number of hydrogen-bond acceptors (Lipinski definition) is 5. The molecule has 1 aliphatic heterocycles. The van der Waals surface area contributed by atoms with Gasteiger partial charge in [0.2, 0.25) is 5.91 Å². The van der Waals surface area contributed by atoms with Crippen molar-refractivity contribution in [2.24, 2.45) is 0 Å². The number of sulfone groups is 1. The maximum Gasteiger partial charge on any atom is 0.251 e. The number of rotatable bonds is 8. The third-order valence-electron chi connectivity index (χ3n) is 5.48. The van der Waals surface area contributed by atoms with E-state index in [9.17, 15) is 18.0 Å². The van der Waals surface area contributed by atoms with Gasteiger partial charge in [-0.2, -0.15) is 0 Å². The average molecular weight is 498 g/mol. The summed E-state index contributed by atoms with van der Waals surface area (Å²) in [6, 6.07) is 20.5. The van der Waals surface area contributed by atoms with Crippen molar-refractivity contribution in [1.82, 2.24) is 5.32 Å². The molecule has 0 spiro atoms. The first kappa shape index (κ1) is 23.8. The fraction of sp³-hybridized carbons (Fsp3) is 0.200. The molecule has 0 aromatic heterocycles. The summed E-state index contributed by atoms with van der Waals surface area (Å²) in [6.07, 6.45) is 0.708. The van der Waals surface area contributed by atoms with Gasteiger partial charge < -0.3 is 16.0 Å². The molecule has 0 radical (unpaired) electrons. The molecule has 0 saturated heterocycles. The minimum atomic E-state index is -3.62. The van der Waals surface area contributed by atoms with E-state index in [1.54, 1.807) is 42.5 Å². The van der Waals surface area contributed by atoms with E-state index in [1.807, 2.05) is 30.3 Å². The second kappa shape index (κ2) is 10.3. The van der Waals surface area contributed by atoms with E-state index in [2.05, 4.69) is 16.0 Å². The summed E-state index contributed by atoms with van der Waals surface area (Å²) in [7, 11) is -3.62. The van der Waals surface area contributed by atoms with Crippen molar-refractivity contribution in [3.63, 3.8) is 0 Å². The molecule has 4 rings (SSSR count). The molecule has 34 heavy (non-hydrogen) atoms. The minimum absolute atomic E-state index is 0.252. The largest absolute Gasteiger partial charge is 0.371 e. The Morgan fingerprint density at radius 2 is 1.71 bits per heavy atom. The lowest BCUT2D eigenvalue weighted by Crippen LogP contribution is -2.43. The van der Waals surface area contributed by atoms with Crippen molar-refractivity contribution in [3.8, 4) is 0 Å². The molecule has 1 atom stereocenters. The molecule has 7 nitrogen and oxygen atoms in total. The lowest BCUT2D eigenvalue weighted by molar-refractivity contribution is -0.116. The van der Waals surface area contributed by atoms with Gasteiger partial charge in [-0.15, -0.1) is 0 Å². The lowest BCUT2D eigenvalue weighted by Gasteiger charge is -2.27. The number of fused-ring (bicyclic) bond motifs is 1. The Morgan fingerprint density at radius 3 is 2.47 bits per heavy atom. The Kier molecular flexibility index (Phi) is 7.19. The molecule has 1 aliphatic rings. The van der Waals surface area contributed by atoms with Crippen LogP contribution >= 0.6 is 11.6 Å². The average Bonchev–Trinajstić information content (AvgIpc) is 2.81. The smallest absolute Gasteiger partial charge is 0.251 e. The van der Waals surface area contributed by atoms with Crippen LogP contribution in [0.4, 0.5) is 11.4 Å². The van der Waals surface area contributed by atoms with Crippen LogP contribution in [0.15, 0.2) is 72.8 Å². The van der Waals surface area contributed by atoms with Crippen molar-refractivity contribution in [2.45, 2.75) is 18.2 Å². The summed E-state index contributed by atoms with van der Waals surface area (Å²) in [5.74, 6) is -1.37. The zero-order valence-electron chi connectivity index (χ0n) is 18.3. The van der Waals surface area contributed by atoms with Crippen LogP contribution in [-0.4, -0.2) is 38.6 Å². The number of halogens is 1. The normalized spacial score (nSPS) is 15.1. The van der Waals surface area contributed by atoms with Gasteiger partial charge >= 0.3 is 0 Å². The monoisotopic (exact) mass is 497 g/mol. The number of benzene rings is 3. The minimum Gasteiger partial charge on any atom is -0.371 e. The highest BCUT2D eigenvalue weighted by Crippen LogP contribution is 2.29. The molecule has 0 unspecified atom stereocenters. The van der Waals surface area contributed by atoms with Crippen molar-refractivity contribution in [1.29, 1.82) is 0 Å². The van der Waals surface area contributed by atoms with Crippen molar-refractivity contribution in [3.05, 3.63) is 94.5 Å². The van der Waals surface area contributed by atoms with Crippen LogP contribution in [0, 0.1) is 0 Å². The van der Waals surface area contributed by atoms with E-state index in [4.69, 9.17) is 11.6 Å². The Hall–Kier alpha value is -3.36. The highest BCUT2D eigenvalue weighted by atomic mass is 35.5. The van der Waals surface area contributed by atoms with Gasteiger partial charge in [-0.25, -0.2) is 8.42 Å². The fourth-order valence-corrected chi connectivity index (χ4v) is 5.61. The number of anilines is 2. The van der Waals surface area contributed by atoms with Crippen LogP contribution in [0.25, 0.3) is 0 Å². The first-order valence-electron chi connectivity index (χ1n) is 10.8. The lowest BCUT2D eigenvalue weighted by atomic mass is 10.1. The first-order chi connectivity index (χ1) is 16.3. The van der Waals surface area contributed by atoms with Crippen LogP contribution in [0.2, 0.25) is 5.02 Å². The first-order valence-corrected chi connectivity index (χ1v) is 13.0. The Morgan fingerprint density at radius 1 is 0.971 bits per heavy atom. The van der Waals surface area contributed by atoms with Crippen LogP contribution in [0.1, 0.15) is 21.5 Å². The highest BCUT2D eigenvalue weighted by Gasteiger charge is 2.31. The van der Waals surface area contributed by atoms with Gasteiger partial charge in [-0.05, 0) is 41.8 Å². The number of amides is 2. The summed E-state index contributed by atoms with van der Waals surface area (Å²) in [5, 5.41) is 8.93. The zero-order valence-corrected chi connectivity index (χ0v) is 19.8. The van der Waals surface area contributed by atoms with E-state index in [-0.39, 0.29) is 17.4 Å². The Bertz CT molecular complexity index is 1310. The number of nitrogens with one attached hydrogen (secondary N) is 3. The molecule has 1 heterocycles. The topological polar surface area (TPSA) is 104 Å². The van der Waals surface area contributed by atoms with Crippen LogP contribution < -0.4 is 16.0 Å².